The average Bonchev–Trinajstić information content (AvgIpc) is 2.07. The summed E-state index contributed by atoms with van der Waals surface area (Å²) in [5.41, 5.74) is -1.29. The molecule has 0 heterocycles. The van der Waals surface area contributed by atoms with Crippen LogP contribution in [0.3, 0.4) is 0 Å². The summed E-state index contributed by atoms with van der Waals surface area (Å²) in [4.78, 5) is 0. The monoisotopic (exact) mass is 203 g/mol. The van der Waals surface area contributed by atoms with Gasteiger partial charge in [-0.05, 0) is 17.7 Å². The van der Waals surface area contributed by atoms with Crippen LogP contribution in [0.5, 0.6) is 0 Å². The van der Waals surface area contributed by atoms with Crippen LogP contribution in [0.15, 0.2) is 18.2 Å². The van der Waals surface area contributed by atoms with Gasteiger partial charge < -0.3 is 0 Å². The minimum atomic E-state index is -4.62. The van der Waals surface area contributed by atoms with Gasteiger partial charge in [-0.15, -0.1) is 0 Å². The molecule has 14 heavy (non-hydrogen) atoms. The van der Waals surface area contributed by atoms with Gasteiger partial charge in [-0.3, -0.25) is 0 Å². The van der Waals surface area contributed by atoms with E-state index >= 15 is 0 Å². The SMILES string of the molecule is N#CCc1ccc(F)cc1C(F)(F)F. The molecule has 0 spiro atoms. The lowest BCUT2D eigenvalue weighted by molar-refractivity contribution is -0.138. The number of alkyl halides is 3. The Labute approximate surface area is 77.6 Å². The summed E-state index contributed by atoms with van der Waals surface area (Å²) in [5, 5.41) is 8.27. The van der Waals surface area contributed by atoms with Crippen molar-refractivity contribution in [1.82, 2.24) is 0 Å². The van der Waals surface area contributed by atoms with Crippen LogP contribution in [0.2, 0.25) is 0 Å². The lowest BCUT2D eigenvalue weighted by Gasteiger charge is -2.10. The Morgan fingerprint density at radius 3 is 2.43 bits per heavy atom. The molecular weight excluding hydrogens is 198 g/mol. The van der Waals surface area contributed by atoms with E-state index in [2.05, 4.69) is 0 Å². The first-order valence-corrected chi connectivity index (χ1v) is 3.67. The van der Waals surface area contributed by atoms with E-state index in [0.29, 0.717) is 6.07 Å². The highest BCUT2D eigenvalue weighted by atomic mass is 19.4. The standard InChI is InChI=1S/C9H5F4N/c10-7-2-1-6(3-4-14)8(5-7)9(11,12)13/h1-2,5H,3H2. The Balaban J connectivity index is 3.24. The molecule has 0 radical (unpaired) electrons. The zero-order chi connectivity index (χ0) is 10.8. The molecule has 0 bridgehead atoms. The van der Waals surface area contributed by atoms with E-state index in [9.17, 15) is 17.6 Å². The maximum absolute atomic E-state index is 12.5. The lowest BCUT2D eigenvalue weighted by atomic mass is 10.0. The van der Waals surface area contributed by atoms with Crippen LogP contribution < -0.4 is 0 Å². The molecule has 1 rings (SSSR count). The molecule has 0 aliphatic carbocycles. The molecule has 1 aromatic carbocycles. The first-order valence-electron chi connectivity index (χ1n) is 3.67. The smallest absolute Gasteiger partial charge is 0.207 e. The van der Waals surface area contributed by atoms with Crippen molar-refractivity contribution in [2.24, 2.45) is 0 Å². The van der Waals surface area contributed by atoms with Crippen molar-refractivity contribution in [2.45, 2.75) is 12.6 Å². The predicted octanol–water partition coefficient (Wildman–Crippen LogP) is 2.91. The number of halogens is 4. The summed E-state index contributed by atoms with van der Waals surface area (Å²) in [7, 11) is 0. The number of benzene rings is 1. The molecule has 1 nitrogen and oxygen atoms in total. The first kappa shape index (κ1) is 10.5. The second-order valence-corrected chi connectivity index (χ2v) is 2.63. The van der Waals surface area contributed by atoms with Crippen LogP contribution in [0.1, 0.15) is 11.1 Å². The molecule has 0 saturated heterocycles. The van der Waals surface area contributed by atoms with Crippen molar-refractivity contribution in [3.05, 3.63) is 35.1 Å². The molecular formula is C9H5F4N. The highest BCUT2D eigenvalue weighted by Crippen LogP contribution is 2.32. The molecule has 0 atom stereocenters. The zero-order valence-electron chi connectivity index (χ0n) is 6.90. The van der Waals surface area contributed by atoms with Gasteiger partial charge >= 0.3 is 6.18 Å². The van der Waals surface area contributed by atoms with Crippen molar-refractivity contribution < 1.29 is 17.6 Å². The summed E-state index contributed by atoms with van der Waals surface area (Å²) in [5.74, 6) is -0.959. The van der Waals surface area contributed by atoms with E-state index in [-0.39, 0.29) is 12.0 Å². The number of rotatable bonds is 1. The van der Waals surface area contributed by atoms with Crippen LogP contribution in [0.25, 0.3) is 0 Å². The van der Waals surface area contributed by atoms with Gasteiger partial charge in [0, 0.05) is 0 Å². The van der Waals surface area contributed by atoms with Gasteiger partial charge in [-0.25, -0.2) is 4.39 Å². The van der Waals surface area contributed by atoms with Gasteiger partial charge in [0.15, 0.2) is 0 Å². The van der Waals surface area contributed by atoms with Gasteiger partial charge in [-0.1, -0.05) is 6.07 Å². The van der Waals surface area contributed by atoms with Gasteiger partial charge in [0.2, 0.25) is 0 Å². The molecule has 0 aliphatic heterocycles. The third kappa shape index (κ3) is 2.22. The maximum Gasteiger partial charge on any atom is 0.416 e. The van der Waals surface area contributed by atoms with E-state index in [1.165, 1.54) is 0 Å². The third-order valence-corrected chi connectivity index (χ3v) is 1.65. The van der Waals surface area contributed by atoms with E-state index in [0.717, 1.165) is 12.1 Å². The van der Waals surface area contributed by atoms with Crippen molar-refractivity contribution in [2.75, 3.05) is 0 Å². The largest absolute Gasteiger partial charge is 0.416 e. The van der Waals surface area contributed by atoms with Crippen LogP contribution in [0.4, 0.5) is 17.6 Å². The highest BCUT2D eigenvalue weighted by molar-refractivity contribution is 5.32. The Kier molecular flexibility index (Phi) is 2.75. The van der Waals surface area contributed by atoms with E-state index in [1.54, 1.807) is 6.07 Å². The van der Waals surface area contributed by atoms with E-state index in [4.69, 9.17) is 5.26 Å². The Morgan fingerprint density at radius 1 is 1.29 bits per heavy atom. The van der Waals surface area contributed by atoms with Crippen LogP contribution in [-0.2, 0) is 12.6 Å². The molecule has 74 valence electrons. The van der Waals surface area contributed by atoms with Gasteiger partial charge in [0.05, 0.1) is 18.1 Å². The van der Waals surface area contributed by atoms with Gasteiger partial charge in [-0.2, -0.15) is 18.4 Å². The van der Waals surface area contributed by atoms with Crippen molar-refractivity contribution in [3.8, 4) is 6.07 Å². The van der Waals surface area contributed by atoms with E-state index in [1.807, 2.05) is 0 Å². The molecule has 0 saturated carbocycles. The second-order valence-electron chi connectivity index (χ2n) is 2.63. The molecule has 0 aliphatic rings. The third-order valence-electron chi connectivity index (χ3n) is 1.65. The van der Waals surface area contributed by atoms with Crippen molar-refractivity contribution in [1.29, 1.82) is 5.26 Å². The van der Waals surface area contributed by atoms with Crippen LogP contribution in [-0.4, -0.2) is 0 Å². The molecule has 5 heteroatoms. The summed E-state index contributed by atoms with van der Waals surface area (Å²) in [6.07, 6.45) is -5.00. The fourth-order valence-corrected chi connectivity index (χ4v) is 1.05. The molecule has 0 fully saturated rings. The summed E-state index contributed by atoms with van der Waals surface area (Å²) in [6, 6.07) is 3.87. The highest BCUT2D eigenvalue weighted by Gasteiger charge is 2.33. The second kappa shape index (κ2) is 3.66. The fourth-order valence-electron chi connectivity index (χ4n) is 1.05. The first-order chi connectivity index (χ1) is 6.45. The average molecular weight is 203 g/mol. The van der Waals surface area contributed by atoms with Crippen LogP contribution in [0, 0.1) is 17.1 Å². The topological polar surface area (TPSA) is 23.8 Å². The molecule has 0 unspecified atom stereocenters. The Hall–Kier alpha value is -1.57. The van der Waals surface area contributed by atoms with E-state index < -0.39 is 17.6 Å². The summed E-state index contributed by atoms with van der Waals surface area (Å²) < 4.78 is 49.4. The number of hydrogen-bond acceptors (Lipinski definition) is 1. The summed E-state index contributed by atoms with van der Waals surface area (Å²) in [6.45, 7) is 0. The number of nitrogens with zero attached hydrogens (tertiary/aromatic N) is 1. The minimum Gasteiger partial charge on any atom is -0.207 e. The molecule has 0 N–H and O–H groups in total. The maximum atomic E-state index is 12.5. The lowest BCUT2D eigenvalue weighted by Crippen LogP contribution is -2.09. The van der Waals surface area contributed by atoms with Crippen molar-refractivity contribution >= 4 is 0 Å². The quantitative estimate of drug-likeness (QED) is 0.644. The normalized spacial score (nSPS) is 11.1. The fraction of sp³-hybridized carbons (Fsp3) is 0.222. The molecule has 1 aromatic rings. The predicted molar refractivity (Wildman–Crippen MR) is 40.7 cm³/mol. The van der Waals surface area contributed by atoms with Gasteiger partial charge in [0.1, 0.15) is 5.82 Å². The Bertz CT molecular complexity index is 375. The molecule has 0 amide bonds. The zero-order valence-corrected chi connectivity index (χ0v) is 6.90. The number of hydrogen-bond donors (Lipinski definition) is 0. The Morgan fingerprint density at radius 2 is 1.93 bits per heavy atom. The molecule has 0 aromatic heterocycles. The summed E-state index contributed by atoms with van der Waals surface area (Å²) >= 11 is 0. The van der Waals surface area contributed by atoms with Gasteiger partial charge in [0.25, 0.3) is 0 Å². The number of nitriles is 1. The minimum absolute atomic E-state index is 0.207. The van der Waals surface area contributed by atoms with Crippen molar-refractivity contribution in [3.63, 3.8) is 0 Å². The van der Waals surface area contributed by atoms with Crippen LogP contribution >= 0.6 is 0 Å².